The van der Waals surface area contributed by atoms with Crippen LogP contribution < -0.4 is 10.6 Å². The Bertz CT molecular complexity index is 676. The van der Waals surface area contributed by atoms with E-state index in [1.807, 2.05) is 31.1 Å². The van der Waals surface area contributed by atoms with Crippen molar-refractivity contribution >= 4 is 17.3 Å². The van der Waals surface area contributed by atoms with E-state index >= 15 is 0 Å². The van der Waals surface area contributed by atoms with E-state index in [2.05, 4.69) is 29.5 Å². The molecule has 25 heavy (non-hydrogen) atoms. The van der Waals surface area contributed by atoms with Crippen LogP contribution in [0.3, 0.4) is 0 Å². The van der Waals surface area contributed by atoms with Gasteiger partial charge in [-0.05, 0) is 38.6 Å². The molecular formula is C18H27N5O2. The summed E-state index contributed by atoms with van der Waals surface area (Å²) >= 11 is 0. The van der Waals surface area contributed by atoms with Crippen molar-refractivity contribution in [3.63, 3.8) is 0 Å². The van der Waals surface area contributed by atoms with Crippen molar-refractivity contribution in [1.29, 1.82) is 0 Å². The van der Waals surface area contributed by atoms with E-state index in [1.54, 1.807) is 16.7 Å². The zero-order chi connectivity index (χ0) is 18.4. The quantitative estimate of drug-likeness (QED) is 0.758. The van der Waals surface area contributed by atoms with Gasteiger partial charge in [0, 0.05) is 25.8 Å². The zero-order valence-electron chi connectivity index (χ0n) is 15.4. The number of imidazole rings is 1. The Hall–Kier alpha value is -2.41. The van der Waals surface area contributed by atoms with Crippen LogP contribution in [-0.4, -0.2) is 59.8 Å². The van der Waals surface area contributed by atoms with Crippen molar-refractivity contribution in [3.05, 3.63) is 35.9 Å². The van der Waals surface area contributed by atoms with Crippen LogP contribution >= 0.6 is 0 Å². The number of nitrogens with one attached hydrogen (secondary N) is 2. The monoisotopic (exact) mass is 345 g/mol. The normalized spacial score (nSPS) is 11.3. The fourth-order valence-corrected chi connectivity index (χ4v) is 2.40. The molecule has 2 aromatic heterocycles. The molecule has 0 atom stereocenters. The van der Waals surface area contributed by atoms with Crippen molar-refractivity contribution in [2.24, 2.45) is 5.92 Å². The standard InChI is InChI=1S/C18H27N5O2/c1-13(2)8-9-19-18(25)16-21-15(14-7-5-6-11-23(14)16)17(24)20-10-12-22(3)4/h5-7,11,13H,8-10,12H2,1-4H3,(H,19,25)(H,20,24). The van der Waals surface area contributed by atoms with Crippen molar-refractivity contribution in [2.45, 2.75) is 20.3 Å². The summed E-state index contributed by atoms with van der Waals surface area (Å²) in [5.41, 5.74) is 0.896. The molecule has 136 valence electrons. The molecule has 0 bridgehead atoms. The molecule has 2 amide bonds. The maximum atomic E-state index is 12.4. The van der Waals surface area contributed by atoms with E-state index in [0.717, 1.165) is 13.0 Å². The second-order valence-corrected chi connectivity index (χ2v) is 6.74. The van der Waals surface area contributed by atoms with Gasteiger partial charge in [-0.25, -0.2) is 4.98 Å². The fraction of sp³-hybridized carbons (Fsp3) is 0.500. The molecule has 0 spiro atoms. The molecule has 0 unspecified atom stereocenters. The predicted octanol–water partition coefficient (Wildman–Crippen LogP) is 1.40. The Labute approximate surface area is 148 Å². The molecule has 7 nitrogen and oxygen atoms in total. The number of amides is 2. The maximum Gasteiger partial charge on any atom is 0.287 e. The molecule has 0 aliphatic rings. The molecule has 2 aromatic rings. The number of likely N-dealkylation sites (N-methyl/N-ethyl adjacent to an activating group) is 1. The Balaban J connectivity index is 2.19. The highest BCUT2D eigenvalue weighted by atomic mass is 16.2. The first-order chi connectivity index (χ1) is 11.9. The molecule has 0 saturated carbocycles. The number of pyridine rings is 1. The highest BCUT2D eigenvalue weighted by Gasteiger charge is 2.21. The van der Waals surface area contributed by atoms with Crippen LogP contribution in [0.2, 0.25) is 0 Å². The molecule has 2 rings (SSSR count). The number of carbonyl (C=O) groups excluding carboxylic acids is 2. The summed E-state index contributed by atoms with van der Waals surface area (Å²) in [7, 11) is 3.88. The number of carbonyl (C=O) groups is 2. The molecule has 2 heterocycles. The van der Waals surface area contributed by atoms with E-state index in [-0.39, 0.29) is 23.3 Å². The molecule has 7 heteroatoms. The largest absolute Gasteiger partial charge is 0.349 e. The SMILES string of the molecule is CC(C)CCNC(=O)c1nc(C(=O)NCCN(C)C)c2ccccn12. The van der Waals surface area contributed by atoms with Gasteiger partial charge >= 0.3 is 0 Å². The van der Waals surface area contributed by atoms with Crippen LogP contribution in [-0.2, 0) is 0 Å². The Morgan fingerprint density at radius 1 is 1.16 bits per heavy atom. The van der Waals surface area contributed by atoms with E-state index in [4.69, 9.17) is 0 Å². The third kappa shape index (κ3) is 5.03. The van der Waals surface area contributed by atoms with E-state index in [1.165, 1.54) is 0 Å². The molecule has 2 N–H and O–H groups in total. The van der Waals surface area contributed by atoms with Gasteiger partial charge in [-0.3, -0.25) is 14.0 Å². The number of hydrogen-bond donors (Lipinski definition) is 2. The van der Waals surface area contributed by atoms with Crippen LogP contribution in [0.5, 0.6) is 0 Å². The van der Waals surface area contributed by atoms with Gasteiger partial charge in [-0.2, -0.15) is 0 Å². The molecule has 0 radical (unpaired) electrons. The number of aromatic nitrogens is 2. The topological polar surface area (TPSA) is 78.7 Å². The Morgan fingerprint density at radius 2 is 1.88 bits per heavy atom. The Morgan fingerprint density at radius 3 is 2.56 bits per heavy atom. The van der Waals surface area contributed by atoms with Crippen molar-refractivity contribution < 1.29 is 9.59 Å². The number of rotatable bonds is 8. The van der Waals surface area contributed by atoms with Gasteiger partial charge in [0.05, 0.1) is 5.52 Å². The Kier molecular flexibility index (Phi) is 6.52. The lowest BCUT2D eigenvalue weighted by Crippen LogP contribution is -2.31. The minimum Gasteiger partial charge on any atom is -0.349 e. The van der Waals surface area contributed by atoms with Gasteiger partial charge in [-0.1, -0.05) is 19.9 Å². The number of hydrogen-bond acceptors (Lipinski definition) is 4. The van der Waals surface area contributed by atoms with Crippen LogP contribution in [0.1, 0.15) is 41.4 Å². The van der Waals surface area contributed by atoms with Gasteiger partial charge in [0.2, 0.25) is 5.82 Å². The summed E-state index contributed by atoms with van der Waals surface area (Å²) in [4.78, 5) is 31.2. The molecule has 0 aliphatic heterocycles. The van der Waals surface area contributed by atoms with Crippen LogP contribution in [0.25, 0.3) is 5.52 Å². The van der Waals surface area contributed by atoms with Crippen molar-refractivity contribution in [3.8, 4) is 0 Å². The highest BCUT2D eigenvalue weighted by molar-refractivity contribution is 6.02. The molecule has 0 saturated heterocycles. The molecule has 0 aliphatic carbocycles. The van der Waals surface area contributed by atoms with Gasteiger partial charge in [-0.15, -0.1) is 0 Å². The number of fused-ring (bicyclic) bond motifs is 1. The van der Waals surface area contributed by atoms with Crippen LogP contribution in [0.4, 0.5) is 0 Å². The van der Waals surface area contributed by atoms with Crippen molar-refractivity contribution in [1.82, 2.24) is 24.9 Å². The maximum absolute atomic E-state index is 12.4. The summed E-state index contributed by atoms with van der Waals surface area (Å²) in [6, 6.07) is 5.43. The second kappa shape index (κ2) is 8.62. The first-order valence-electron chi connectivity index (χ1n) is 8.58. The molecular weight excluding hydrogens is 318 g/mol. The molecule has 0 fully saturated rings. The number of nitrogens with zero attached hydrogens (tertiary/aromatic N) is 3. The van der Waals surface area contributed by atoms with E-state index in [0.29, 0.717) is 24.5 Å². The average molecular weight is 345 g/mol. The average Bonchev–Trinajstić information content (AvgIpc) is 2.93. The smallest absolute Gasteiger partial charge is 0.287 e. The minimum absolute atomic E-state index is 0.233. The minimum atomic E-state index is -0.271. The van der Waals surface area contributed by atoms with Gasteiger partial charge in [0.15, 0.2) is 5.69 Å². The van der Waals surface area contributed by atoms with Crippen LogP contribution in [0.15, 0.2) is 24.4 Å². The first-order valence-corrected chi connectivity index (χ1v) is 8.58. The third-order valence-electron chi connectivity index (χ3n) is 3.82. The molecule has 0 aromatic carbocycles. The van der Waals surface area contributed by atoms with Gasteiger partial charge < -0.3 is 15.5 Å². The van der Waals surface area contributed by atoms with Crippen LogP contribution in [0, 0.1) is 5.92 Å². The summed E-state index contributed by atoms with van der Waals surface area (Å²) in [5, 5.41) is 5.72. The summed E-state index contributed by atoms with van der Waals surface area (Å²) < 4.78 is 1.66. The lowest BCUT2D eigenvalue weighted by Gasteiger charge is -2.09. The summed E-state index contributed by atoms with van der Waals surface area (Å²) in [6.07, 6.45) is 2.64. The first kappa shape index (κ1) is 18.9. The zero-order valence-corrected chi connectivity index (χ0v) is 15.4. The van der Waals surface area contributed by atoms with Gasteiger partial charge in [0.1, 0.15) is 0 Å². The van der Waals surface area contributed by atoms with E-state index in [9.17, 15) is 9.59 Å². The second-order valence-electron chi connectivity index (χ2n) is 6.74. The highest BCUT2D eigenvalue weighted by Crippen LogP contribution is 2.13. The van der Waals surface area contributed by atoms with E-state index < -0.39 is 0 Å². The summed E-state index contributed by atoms with van der Waals surface area (Å²) in [6.45, 7) is 6.05. The fourth-order valence-electron chi connectivity index (χ4n) is 2.40. The third-order valence-corrected chi connectivity index (χ3v) is 3.82. The summed E-state index contributed by atoms with van der Waals surface area (Å²) in [5.74, 6) is 0.202. The lowest BCUT2D eigenvalue weighted by atomic mass is 10.1. The van der Waals surface area contributed by atoms with Crippen molar-refractivity contribution in [2.75, 3.05) is 33.7 Å². The van der Waals surface area contributed by atoms with Gasteiger partial charge in [0.25, 0.3) is 11.8 Å². The predicted molar refractivity (Wildman–Crippen MR) is 97.9 cm³/mol. The lowest BCUT2D eigenvalue weighted by molar-refractivity contribution is 0.0941.